The lowest BCUT2D eigenvalue weighted by atomic mass is 10.0. The van der Waals surface area contributed by atoms with Gasteiger partial charge in [-0.2, -0.15) is 0 Å². The molecule has 0 fully saturated rings. The third kappa shape index (κ3) is 4.73. The van der Waals surface area contributed by atoms with Gasteiger partial charge in [0.25, 0.3) is 5.91 Å². The summed E-state index contributed by atoms with van der Waals surface area (Å²) in [5.41, 5.74) is 2.86. The second kappa shape index (κ2) is 8.86. The number of rotatable bonds is 7. The van der Waals surface area contributed by atoms with Crippen molar-refractivity contribution in [3.63, 3.8) is 0 Å². The van der Waals surface area contributed by atoms with E-state index in [1.807, 2.05) is 72.8 Å². The van der Waals surface area contributed by atoms with E-state index in [0.29, 0.717) is 12.2 Å². The van der Waals surface area contributed by atoms with Crippen LogP contribution in [-0.4, -0.2) is 5.91 Å². The van der Waals surface area contributed by atoms with Crippen molar-refractivity contribution in [2.45, 2.75) is 26.0 Å². The van der Waals surface area contributed by atoms with E-state index in [4.69, 9.17) is 4.74 Å². The van der Waals surface area contributed by atoms with Crippen LogP contribution in [0.3, 0.4) is 0 Å². The van der Waals surface area contributed by atoms with Crippen LogP contribution < -0.4 is 10.1 Å². The lowest BCUT2D eigenvalue weighted by Crippen LogP contribution is -2.28. The zero-order valence-corrected chi connectivity index (χ0v) is 14.9. The van der Waals surface area contributed by atoms with Crippen molar-refractivity contribution >= 4 is 5.91 Å². The summed E-state index contributed by atoms with van der Waals surface area (Å²) in [6.07, 6.45) is 0.841. The Morgan fingerprint density at radius 1 is 0.885 bits per heavy atom. The van der Waals surface area contributed by atoms with Crippen molar-refractivity contribution in [3.8, 4) is 5.75 Å². The fourth-order valence-corrected chi connectivity index (χ4v) is 2.79. The molecule has 0 heterocycles. The molecule has 0 aromatic heterocycles. The molecule has 0 saturated heterocycles. The van der Waals surface area contributed by atoms with Gasteiger partial charge in [0.1, 0.15) is 12.4 Å². The Morgan fingerprint density at radius 3 is 2.12 bits per heavy atom. The highest BCUT2D eigenvalue weighted by Gasteiger charge is 2.13. The van der Waals surface area contributed by atoms with Crippen molar-refractivity contribution < 1.29 is 9.53 Å². The number of ether oxygens (including phenoxy) is 1. The van der Waals surface area contributed by atoms with E-state index < -0.39 is 0 Å². The van der Waals surface area contributed by atoms with Crippen LogP contribution >= 0.6 is 0 Å². The monoisotopic (exact) mass is 345 g/mol. The van der Waals surface area contributed by atoms with Gasteiger partial charge in [-0.3, -0.25) is 4.79 Å². The number of carbonyl (C=O) groups is 1. The summed E-state index contributed by atoms with van der Waals surface area (Å²) < 4.78 is 5.77. The Bertz CT molecular complexity index is 814. The molecule has 1 amide bonds. The predicted octanol–water partition coefficient (Wildman–Crippen LogP) is 5.15. The second-order valence-electron chi connectivity index (χ2n) is 6.14. The maximum atomic E-state index is 12.5. The summed E-state index contributed by atoms with van der Waals surface area (Å²) in [5, 5.41) is 3.10. The summed E-state index contributed by atoms with van der Waals surface area (Å²) in [7, 11) is 0. The first-order valence-corrected chi connectivity index (χ1v) is 8.89. The van der Waals surface area contributed by atoms with E-state index in [2.05, 4.69) is 12.2 Å². The van der Waals surface area contributed by atoms with Crippen molar-refractivity contribution in [1.29, 1.82) is 0 Å². The number of hydrogen-bond acceptors (Lipinski definition) is 2. The zero-order chi connectivity index (χ0) is 18.2. The Kier molecular flexibility index (Phi) is 6.05. The molecular weight excluding hydrogens is 322 g/mol. The molecule has 0 aliphatic carbocycles. The van der Waals surface area contributed by atoms with Gasteiger partial charge in [0, 0.05) is 5.56 Å². The van der Waals surface area contributed by atoms with E-state index in [-0.39, 0.29) is 11.9 Å². The minimum absolute atomic E-state index is 0.0118. The van der Waals surface area contributed by atoms with Crippen LogP contribution in [0.15, 0.2) is 84.9 Å². The minimum Gasteiger partial charge on any atom is -0.489 e. The molecule has 3 nitrogen and oxygen atoms in total. The van der Waals surface area contributed by atoms with E-state index >= 15 is 0 Å². The molecule has 1 unspecified atom stereocenters. The van der Waals surface area contributed by atoms with Gasteiger partial charge in [-0.1, -0.05) is 67.6 Å². The molecule has 0 aliphatic rings. The Labute approximate surface area is 154 Å². The average Bonchev–Trinajstić information content (AvgIpc) is 2.72. The lowest BCUT2D eigenvalue weighted by Gasteiger charge is -2.17. The highest BCUT2D eigenvalue weighted by molar-refractivity contribution is 5.94. The van der Waals surface area contributed by atoms with Crippen LogP contribution in [0.4, 0.5) is 0 Å². The smallest absolute Gasteiger partial charge is 0.251 e. The molecule has 3 heteroatoms. The van der Waals surface area contributed by atoms with Gasteiger partial charge in [0.15, 0.2) is 0 Å². The Balaban J connectivity index is 1.59. The van der Waals surface area contributed by atoms with Gasteiger partial charge in [0.2, 0.25) is 0 Å². The Morgan fingerprint density at radius 2 is 1.50 bits per heavy atom. The largest absolute Gasteiger partial charge is 0.489 e. The van der Waals surface area contributed by atoms with Crippen molar-refractivity contribution in [3.05, 3.63) is 102 Å². The first-order valence-electron chi connectivity index (χ1n) is 8.89. The van der Waals surface area contributed by atoms with Crippen LogP contribution in [0.5, 0.6) is 5.75 Å². The zero-order valence-electron chi connectivity index (χ0n) is 14.9. The fourth-order valence-electron chi connectivity index (χ4n) is 2.79. The molecular formula is C23H23NO2. The number of amides is 1. The first kappa shape index (κ1) is 17.7. The molecule has 1 atom stereocenters. The maximum Gasteiger partial charge on any atom is 0.251 e. The van der Waals surface area contributed by atoms with Crippen molar-refractivity contribution in [2.24, 2.45) is 0 Å². The molecule has 3 aromatic rings. The molecule has 0 radical (unpaired) electrons. The molecule has 1 N–H and O–H groups in total. The number of benzene rings is 3. The summed E-state index contributed by atoms with van der Waals surface area (Å²) in [4.78, 5) is 12.5. The third-order valence-corrected chi connectivity index (χ3v) is 4.28. The number of nitrogens with one attached hydrogen (secondary N) is 1. The van der Waals surface area contributed by atoms with Gasteiger partial charge in [-0.25, -0.2) is 0 Å². The second-order valence-corrected chi connectivity index (χ2v) is 6.14. The van der Waals surface area contributed by atoms with Crippen LogP contribution in [0.25, 0.3) is 0 Å². The molecule has 0 saturated carbocycles. The normalized spacial score (nSPS) is 11.6. The minimum atomic E-state index is -0.0738. The topological polar surface area (TPSA) is 38.3 Å². The van der Waals surface area contributed by atoms with Gasteiger partial charge in [-0.15, -0.1) is 0 Å². The van der Waals surface area contributed by atoms with E-state index in [0.717, 1.165) is 23.3 Å². The summed E-state index contributed by atoms with van der Waals surface area (Å²) in [6.45, 7) is 2.58. The SMILES string of the molecule is CCC(NC(=O)c1ccc(OCc2ccccc2)cc1)c1ccccc1. The summed E-state index contributed by atoms with van der Waals surface area (Å²) in [5.74, 6) is 0.677. The molecule has 26 heavy (non-hydrogen) atoms. The number of carbonyl (C=O) groups excluding carboxylic acids is 1. The molecule has 0 aliphatic heterocycles. The van der Waals surface area contributed by atoms with Crippen LogP contribution in [-0.2, 0) is 6.61 Å². The predicted molar refractivity (Wildman–Crippen MR) is 104 cm³/mol. The van der Waals surface area contributed by atoms with E-state index in [1.54, 1.807) is 12.1 Å². The van der Waals surface area contributed by atoms with E-state index in [1.165, 1.54) is 0 Å². The fraction of sp³-hybridized carbons (Fsp3) is 0.174. The standard InChI is InChI=1S/C23H23NO2/c1-2-22(19-11-7-4-8-12-19)24-23(25)20-13-15-21(16-14-20)26-17-18-9-5-3-6-10-18/h3-16,22H,2,17H2,1H3,(H,24,25). The van der Waals surface area contributed by atoms with Gasteiger partial charge in [-0.05, 0) is 41.8 Å². The molecule has 0 bridgehead atoms. The highest BCUT2D eigenvalue weighted by Crippen LogP contribution is 2.18. The maximum absolute atomic E-state index is 12.5. The van der Waals surface area contributed by atoms with Gasteiger partial charge in [0.05, 0.1) is 6.04 Å². The van der Waals surface area contributed by atoms with Gasteiger partial charge >= 0.3 is 0 Å². The van der Waals surface area contributed by atoms with Crippen molar-refractivity contribution in [2.75, 3.05) is 0 Å². The Hall–Kier alpha value is -3.07. The molecule has 3 aromatic carbocycles. The van der Waals surface area contributed by atoms with Crippen molar-refractivity contribution in [1.82, 2.24) is 5.32 Å². The summed E-state index contributed by atoms with van der Waals surface area (Å²) in [6, 6.07) is 27.3. The van der Waals surface area contributed by atoms with Crippen LogP contribution in [0.2, 0.25) is 0 Å². The average molecular weight is 345 g/mol. The quantitative estimate of drug-likeness (QED) is 0.643. The molecule has 0 spiro atoms. The first-order chi connectivity index (χ1) is 12.8. The van der Waals surface area contributed by atoms with Gasteiger partial charge < -0.3 is 10.1 Å². The lowest BCUT2D eigenvalue weighted by molar-refractivity contribution is 0.0935. The summed E-state index contributed by atoms with van der Waals surface area (Å²) >= 11 is 0. The van der Waals surface area contributed by atoms with Crippen LogP contribution in [0, 0.1) is 0 Å². The third-order valence-electron chi connectivity index (χ3n) is 4.28. The number of hydrogen-bond donors (Lipinski definition) is 1. The molecule has 132 valence electrons. The van der Waals surface area contributed by atoms with E-state index in [9.17, 15) is 4.79 Å². The van der Waals surface area contributed by atoms with Crippen LogP contribution in [0.1, 0.15) is 40.9 Å². The highest BCUT2D eigenvalue weighted by atomic mass is 16.5. The molecule has 3 rings (SSSR count).